The van der Waals surface area contributed by atoms with E-state index in [4.69, 9.17) is 4.74 Å². The van der Waals surface area contributed by atoms with Crippen LogP contribution in [-0.4, -0.2) is 7.11 Å². The number of hydrogen-bond donors (Lipinski definition) is 1. The first-order chi connectivity index (χ1) is 9.67. The average molecular weight is 352 g/mol. The van der Waals surface area contributed by atoms with Crippen LogP contribution in [0.15, 0.2) is 28.1 Å². The van der Waals surface area contributed by atoms with Crippen LogP contribution in [0.2, 0.25) is 0 Å². The largest absolute Gasteiger partial charge is 0.495 e. The van der Waals surface area contributed by atoms with Gasteiger partial charge in [0.15, 0.2) is 0 Å². The lowest BCUT2D eigenvalue weighted by Crippen LogP contribution is -2.16. The highest BCUT2D eigenvalue weighted by molar-refractivity contribution is 9.11. The summed E-state index contributed by atoms with van der Waals surface area (Å²) in [4.78, 5) is 1.51. The Morgan fingerprint density at radius 2 is 2.20 bits per heavy atom. The molecule has 20 heavy (non-hydrogen) atoms. The van der Waals surface area contributed by atoms with Crippen LogP contribution < -0.4 is 10.1 Å². The Labute approximate surface area is 132 Å². The summed E-state index contributed by atoms with van der Waals surface area (Å²) in [5.41, 5.74) is 3.74. The SMILES string of the molecule is COc1cc(C)ccc1NC1CCCc2sc(Br)cc21. The van der Waals surface area contributed by atoms with E-state index in [-0.39, 0.29) is 0 Å². The zero-order valence-corrected chi connectivity index (χ0v) is 14.1. The van der Waals surface area contributed by atoms with Crippen LogP contribution in [-0.2, 0) is 6.42 Å². The summed E-state index contributed by atoms with van der Waals surface area (Å²) in [6.45, 7) is 2.08. The minimum atomic E-state index is 0.387. The van der Waals surface area contributed by atoms with Crippen molar-refractivity contribution in [3.8, 4) is 5.75 Å². The first kappa shape index (κ1) is 14.0. The topological polar surface area (TPSA) is 21.3 Å². The van der Waals surface area contributed by atoms with Crippen LogP contribution in [0.4, 0.5) is 5.69 Å². The summed E-state index contributed by atoms with van der Waals surface area (Å²) < 4.78 is 6.72. The van der Waals surface area contributed by atoms with Crippen LogP contribution >= 0.6 is 27.3 Å². The van der Waals surface area contributed by atoms with Crippen molar-refractivity contribution in [2.45, 2.75) is 32.2 Å². The minimum absolute atomic E-state index is 0.387. The highest BCUT2D eigenvalue weighted by Crippen LogP contribution is 2.40. The van der Waals surface area contributed by atoms with Crippen molar-refractivity contribution in [2.75, 3.05) is 12.4 Å². The molecule has 1 heterocycles. The molecule has 3 rings (SSSR count). The fraction of sp³-hybridized carbons (Fsp3) is 0.375. The number of rotatable bonds is 3. The smallest absolute Gasteiger partial charge is 0.142 e. The average Bonchev–Trinajstić information content (AvgIpc) is 2.82. The molecule has 4 heteroatoms. The van der Waals surface area contributed by atoms with E-state index in [1.54, 1.807) is 7.11 Å². The fourth-order valence-corrected chi connectivity index (χ4v) is 4.60. The van der Waals surface area contributed by atoms with Crippen LogP contribution in [0.3, 0.4) is 0 Å². The number of nitrogens with one attached hydrogen (secondary N) is 1. The third kappa shape index (κ3) is 2.72. The van der Waals surface area contributed by atoms with Gasteiger partial charge in [-0.3, -0.25) is 0 Å². The van der Waals surface area contributed by atoms with E-state index in [1.165, 1.54) is 39.1 Å². The fourth-order valence-electron chi connectivity index (χ4n) is 2.78. The molecule has 0 saturated carbocycles. The predicted molar refractivity (Wildman–Crippen MR) is 89.1 cm³/mol. The van der Waals surface area contributed by atoms with E-state index >= 15 is 0 Å². The van der Waals surface area contributed by atoms with Crippen molar-refractivity contribution < 1.29 is 4.74 Å². The molecule has 1 aliphatic rings. The maximum Gasteiger partial charge on any atom is 0.142 e. The molecule has 2 nitrogen and oxygen atoms in total. The lowest BCUT2D eigenvalue weighted by molar-refractivity contribution is 0.415. The van der Waals surface area contributed by atoms with Gasteiger partial charge in [0.1, 0.15) is 5.75 Å². The Morgan fingerprint density at radius 1 is 1.35 bits per heavy atom. The van der Waals surface area contributed by atoms with Crippen molar-refractivity contribution in [2.24, 2.45) is 0 Å². The molecule has 0 saturated heterocycles. The summed E-state index contributed by atoms with van der Waals surface area (Å²) >= 11 is 5.47. The van der Waals surface area contributed by atoms with Gasteiger partial charge in [-0.2, -0.15) is 0 Å². The molecule has 2 aromatic rings. The quantitative estimate of drug-likeness (QED) is 0.808. The van der Waals surface area contributed by atoms with Crippen molar-refractivity contribution in [1.82, 2.24) is 0 Å². The molecule has 0 fully saturated rings. The monoisotopic (exact) mass is 351 g/mol. The van der Waals surface area contributed by atoms with Crippen LogP contribution in [0, 0.1) is 6.92 Å². The molecule has 1 aliphatic carbocycles. The molecule has 1 unspecified atom stereocenters. The normalized spacial score (nSPS) is 17.6. The van der Waals surface area contributed by atoms with Crippen LogP contribution in [0.5, 0.6) is 5.75 Å². The van der Waals surface area contributed by atoms with E-state index in [1.807, 2.05) is 11.3 Å². The molecule has 0 amide bonds. The molecule has 1 aromatic carbocycles. The van der Waals surface area contributed by atoms with Crippen LogP contribution in [0.1, 0.15) is 34.9 Å². The second-order valence-corrected chi connectivity index (χ2v) is 7.74. The number of benzene rings is 1. The zero-order chi connectivity index (χ0) is 14.1. The van der Waals surface area contributed by atoms with Gasteiger partial charge >= 0.3 is 0 Å². The third-order valence-corrected chi connectivity index (χ3v) is 5.48. The Balaban J connectivity index is 1.89. The van der Waals surface area contributed by atoms with Gasteiger partial charge in [0, 0.05) is 4.88 Å². The number of anilines is 1. The molecular weight excluding hydrogens is 334 g/mol. The number of methoxy groups -OCH3 is 1. The highest BCUT2D eigenvalue weighted by atomic mass is 79.9. The number of fused-ring (bicyclic) bond motifs is 1. The molecule has 106 valence electrons. The Hall–Kier alpha value is -1.00. The maximum atomic E-state index is 5.49. The Morgan fingerprint density at radius 3 is 3.00 bits per heavy atom. The second kappa shape index (κ2) is 5.78. The summed E-state index contributed by atoms with van der Waals surface area (Å²) in [5.74, 6) is 0.923. The van der Waals surface area contributed by atoms with E-state index in [0.717, 1.165) is 11.4 Å². The summed E-state index contributed by atoms with van der Waals surface area (Å²) in [7, 11) is 1.73. The van der Waals surface area contributed by atoms with Gasteiger partial charge < -0.3 is 10.1 Å². The summed E-state index contributed by atoms with van der Waals surface area (Å²) in [6, 6.07) is 8.97. The number of aryl methyl sites for hydroxylation is 2. The van der Waals surface area contributed by atoms with Crippen molar-refractivity contribution in [1.29, 1.82) is 0 Å². The standard InChI is InChI=1S/C16H18BrNOS/c1-10-6-7-13(14(8-10)19-2)18-12-4-3-5-15-11(12)9-16(17)20-15/h6-9,12,18H,3-5H2,1-2H3. The van der Waals surface area contributed by atoms with E-state index in [0.29, 0.717) is 6.04 Å². The number of thiophene rings is 1. The van der Waals surface area contributed by atoms with Crippen molar-refractivity contribution in [3.05, 3.63) is 44.1 Å². The van der Waals surface area contributed by atoms with Crippen LogP contribution in [0.25, 0.3) is 0 Å². The van der Waals surface area contributed by atoms with Gasteiger partial charge in [0.05, 0.1) is 22.6 Å². The van der Waals surface area contributed by atoms with Gasteiger partial charge in [-0.15, -0.1) is 11.3 Å². The first-order valence-corrected chi connectivity index (χ1v) is 8.47. The number of hydrogen-bond acceptors (Lipinski definition) is 3. The van der Waals surface area contributed by atoms with Gasteiger partial charge in [-0.25, -0.2) is 0 Å². The highest BCUT2D eigenvalue weighted by Gasteiger charge is 2.23. The minimum Gasteiger partial charge on any atom is -0.495 e. The van der Waals surface area contributed by atoms with E-state index in [9.17, 15) is 0 Å². The number of halogens is 1. The molecule has 0 radical (unpaired) electrons. The van der Waals surface area contributed by atoms with E-state index in [2.05, 4.69) is 52.4 Å². The Bertz CT molecular complexity index is 623. The molecule has 1 aromatic heterocycles. The van der Waals surface area contributed by atoms with Gasteiger partial charge in [0.25, 0.3) is 0 Å². The molecular formula is C16H18BrNOS. The third-order valence-electron chi connectivity index (χ3n) is 3.77. The molecule has 0 bridgehead atoms. The van der Waals surface area contributed by atoms with Crippen molar-refractivity contribution in [3.63, 3.8) is 0 Å². The lowest BCUT2D eigenvalue weighted by atomic mass is 9.94. The van der Waals surface area contributed by atoms with Crippen molar-refractivity contribution >= 4 is 33.0 Å². The zero-order valence-electron chi connectivity index (χ0n) is 11.7. The first-order valence-electron chi connectivity index (χ1n) is 6.86. The summed E-state index contributed by atoms with van der Waals surface area (Å²) in [6.07, 6.45) is 3.62. The van der Waals surface area contributed by atoms with Gasteiger partial charge in [-0.05, 0) is 71.4 Å². The Kier molecular flexibility index (Phi) is 4.03. The molecule has 1 atom stereocenters. The lowest BCUT2D eigenvalue weighted by Gasteiger charge is -2.25. The van der Waals surface area contributed by atoms with Gasteiger partial charge in [0.2, 0.25) is 0 Å². The molecule has 0 aliphatic heterocycles. The maximum absolute atomic E-state index is 5.49. The molecule has 0 spiro atoms. The second-order valence-electron chi connectivity index (χ2n) is 5.22. The molecule has 1 N–H and O–H groups in total. The number of ether oxygens (including phenoxy) is 1. The van der Waals surface area contributed by atoms with E-state index < -0.39 is 0 Å². The predicted octanol–water partition coefficient (Wildman–Crippen LogP) is 5.32. The van der Waals surface area contributed by atoms with Gasteiger partial charge in [-0.1, -0.05) is 6.07 Å². The summed E-state index contributed by atoms with van der Waals surface area (Å²) in [5, 5.41) is 3.66.